The predicted octanol–water partition coefficient (Wildman–Crippen LogP) is 2.11. The number of rotatable bonds is 5. The Bertz CT molecular complexity index is 420. The van der Waals surface area contributed by atoms with Crippen molar-refractivity contribution in [3.8, 4) is 0 Å². The molecule has 5 heteroatoms. The highest BCUT2D eigenvalue weighted by atomic mass is 16.2. The molecule has 0 spiro atoms. The minimum absolute atomic E-state index is 0.134. The predicted molar refractivity (Wildman–Crippen MR) is 94.5 cm³/mol. The first-order valence-electron chi connectivity index (χ1n) is 10.0. The normalized spacial score (nSPS) is 31.6. The van der Waals surface area contributed by atoms with Gasteiger partial charge in [-0.25, -0.2) is 0 Å². The summed E-state index contributed by atoms with van der Waals surface area (Å²) in [5.41, 5.74) is 0. The summed E-state index contributed by atoms with van der Waals surface area (Å²) in [4.78, 5) is 24.5. The largest absolute Gasteiger partial charge is 0.353 e. The minimum Gasteiger partial charge on any atom is -0.353 e. The van der Waals surface area contributed by atoms with E-state index in [0.29, 0.717) is 18.4 Å². The quantitative estimate of drug-likeness (QED) is 0.721. The zero-order valence-electron chi connectivity index (χ0n) is 14.8. The van der Waals surface area contributed by atoms with Crippen LogP contribution >= 0.6 is 0 Å². The summed E-state index contributed by atoms with van der Waals surface area (Å²) in [7, 11) is 0. The summed E-state index contributed by atoms with van der Waals surface area (Å²) in [6.07, 6.45) is 11.6. The van der Waals surface area contributed by atoms with Crippen LogP contribution < -0.4 is 16.0 Å². The molecule has 2 amide bonds. The van der Waals surface area contributed by atoms with Gasteiger partial charge in [-0.2, -0.15) is 0 Å². The molecule has 136 valence electrons. The van der Waals surface area contributed by atoms with E-state index in [0.717, 1.165) is 51.6 Å². The van der Waals surface area contributed by atoms with Crippen LogP contribution in [0.15, 0.2) is 0 Å². The second-order valence-electron chi connectivity index (χ2n) is 8.02. The fourth-order valence-corrected chi connectivity index (χ4v) is 4.56. The molecule has 1 saturated heterocycles. The number of piperidine rings is 1. The Morgan fingerprint density at radius 2 is 1.58 bits per heavy atom. The van der Waals surface area contributed by atoms with Gasteiger partial charge < -0.3 is 16.0 Å². The van der Waals surface area contributed by atoms with Crippen LogP contribution in [0.25, 0.3) is 0 Å². The molecule has 3 rings (SSSR count). The Morgan fingerprint density at radius 3 is 2.25 bits per heavy atom. The first kappa shape index (κ1) is 17.7. The highest BCUT2D eigenvalue weighted by Gasteiger charge is 2.29. The molecule has 2 saturated carbocycles. The Balaban J connectivity index is 1.34. The lowest BCUT2D eigenvalue weighted by Crippen LogP contribution is -2.48. The molecule has 24 heavy (non-hydrogen) atoms. The van der Waals surface area contributed by atoms with Crippen molar-refractivity contribution in [3.05, 3.63) is 0 Å². The third-order valence-electron chi connectivity index (χ3n) is 6.06. The maximum atomic E-state index is 12.4. The Kier molecular flexibility index (Phi) is 6.52. The van der Waals surface area contributed by atoms with Gasteiger partial charge in [-0.1, -0.05) is 12.8 Å². The Labute approximate surface area is 145 Å². The summed E-state index contributed by atoms with van der Waals surface area (Å²) in [5.74, 6) is 1.19. The van der Waals surface area contributed by atoms with E-state index >= 15 is 0 Å². The lowest BCUT2D eigenvalue weighted by molar-refractivity contribution is -0.127. The second kappa shape index (κ2) is 8.84. The van der Waals surface area contributed by atoms with Crippen molar-refractivity contribution in [2.75, 3.05) is 13.1 Å². The summed E-state index contributed by atoms with van der Waals surface area (Å²) < 4.78 is 0. The van der Waals surface area contributed by atoms with Crippen molar-refractivity contribution in [2.45, 2.75) is 82.7 Å². The van der Waals surface area contributed by atoms with Crippen LogP contribution in [0, 0.1) is 11.8 Å². The van der Waals surface area contributed by atoms with Crippen molar-refractivity contribution in [1.82, 2.24) is 16.0 Å². The van der Waals surface area contributed by atoms with Gasteiger partial charge >= 0.3 is 0 Å². The van der Waals surface area contributed by atoms with Gasteiger partial charge in [-0.3, -0.25) is 9.59 Å². The van der Waals surface area contributed by atoms with Crippen molar-refractivity contribution in [2.24, 2.45) is 11.8 Å². The summed E-state index contributed by atoms with van der Waals surface area (Å²) in [6, 6.07) is 0.578. The molecule has 3 fully saturated rings. The molecule has 5 nitrogen and oxygen atoms in total. The van der Waals surface area contributed by atoms with Crippen LogP contribution in [0.3, 0.4) is 0 Å². The van der Waals surface area contributed by atoms with Gasteiger partial charge in [0.2, 0.25) is 11.8 Å². The first-order valence-corrected chi connectivity index (χ1v) is 10.0. The van der Waals surface area contributed by atoms with Crippen molar-refractivity contribution in [3.63, 3.8) is 0 Å². The van der Waals surface area contributed by atoms with E-state index in [1.165, 1.54) is 25.7 Å². The molecule has 1 unspecified atom stereocenters. The number of hydrogen-bond acceptors (Lipinski definition) is 3. The van der Waals surface area contributed by atoms with Gasteiger partial charge in [0.05, 0.1) is 0 Å². The molecule has 3 aliphatic rings. The summed E-state index contributed by atoms with van der Waals surface area (Å²) in [5, 5.41) is 9.75. The van der Waals surface area contributed by atoms with Crippen molar-refractivity contribution in [1.29, 1.82) is 0 Å². The molecule has 0 aromatic carbocycles. The third-order valence-corrected chi connectivity index (χ3v) is 6.06. The fourth-order valence-electron chi connectivity index (χ4n) is 4.56. The van der Waals surface area contributed by atoms with E-state index in [1.807, 2.05) is 0 Å². The van der Waals surface area contributed by atoms with Crippen LogP contribution in [0.2, 0.25) is 0 Å². The molecule has 2 aliphatic carbocycles. The lowest BCUT2D eigenvalue weighted by atomic mass is 9.85. The van der Waals surface area contributed by atoms with E-state index in [-0.39, 0.29) is 23.8 Å². The number of carbonyl (C=O) groups excluding carboxylic acids is 2. The number of nitrogens with one attached hydrogen (secondary N) is 3. The average Bonchev–Trinajstić information content (AvgIpc) is 3.09. The smallest absolute Gasteiger partial charge is 0.223 e. The average molecular weight is 335 g/mol. The highest BCUT2D eigenvalue weighted by Crippen LogP contribution is 2.28. The molecule has 0 radical (unpaired) electrons. The molecule has 1 atom stereocenters. The molecule has 0 bridgehead atoms. The van der Waals surface area contributed by atoms with Crippen molar-refractivity contribution >= 4 is 11.8 Å². The molecular formula is C19H33N3O2. The standard InChI is InChI=1S/C19H33N3O2/c23-18(12-14-4-1-2-5-14)21-16-9-7-15(8-10-16)19(24)22-17-6-3-11-20-13-17/h14-17,20H,1-13H2,(H,21,23)(H,22,24). The molecule has 0 aromatic heterocycles. The zero-order valence-corrected chi connectivity index (χ0v) is 14.8. The zero-order chi connectivity index (χ0) is 16.8. The fraction of sp³-hybridized carbons (Fsp3) is 0.895. The van der Waals surface area contributed by atoms with Gasteiger partial charge in [-0.05, 0) is 63.8 Å². The monoisotopic (exact) mass is 335 g/mol. The van der Waals surface area contributed by atoms with Crippen LogP contribution in [-0.2, 0) is 9.59 Å². The molecule has 0 aromatic rings. The Morgan fingerprint density at radius 1 is 0.833 bits per heavy atom. The molecule has 1 aliphatic heterocycles. The van der Waals surface area contributed by atoms with Crippen LogP contribution in [0.5, 0.6) is 0 Å². The number of hydrogen-bond donors (Lipinski definition) is 3. The van der Waals surface area contributed by atoms with Crippen molar-refractivity contribution < 1.29 is 9.59 Å². The SMILES string of the molecule is O=C(CC1CCCC1)NC1CCC(C(=O)NC2CCCNC2)CC1. The first-order chi connectivity index (χ1) is 11.7. The molecule has 1 heterocycles. The maximum Gasteiger partial charge on any atom is 0.223 e. The third kappa shape index (κ3) is 5.20. The maximum absolute atomic E-state index is 12.4. The Hall–Kier alpha value is -1.10. The van der Waals surface area contributed by atoms with Crippen LogP contribution in [0.4, 0.5) is 0 Å². The lowest BCUT2D eigenvalue weighted by Gasteiger charge is -2.31. The van der Waals surface area contributed by atoms with E-state index in [4.69, 9.17) is 0 Å². The summed E-state index contributed by atoms with van der Waals surface area (Å²) in [6.45, 7) is 1.97. The molecule has 3 N–H and O–H groups in total. The van der Waals surface area contributed by atoms with Gasteiger partial charge in [0.1, 0.15) is 0 Å². The van der Waals surface area contributed by atoms with Crippen LogP contribution in [0.1, 0.15) is 70.6 Å². The topological polar surface area (TPSA) is 70.2 Å². The van der Waals surface area contributed by atoms with Gasteiger partial charge in [0, 0.05) is 31.0 Å². The van der Waals surface area contributed by atoms with E-state index in [2.05, 4.69) is 16.0 Å². The highest BCUT2D eigenvalue weighted by molar-refractivity contribution is 5.79. The van der Waals surface area contributed by atoms with Crippen LogP contribution in [-0.4, -0.2) is 37.0 Å². The van der Waals surface area contributed by atoms with E-state index < -0.39 is 0 Å². The minimum atomic E-state index is 0.134. The van der Waals surface area contributed by atoms with Gasteiger partial charge in [0.15, 0.2) is 0 Å². The van der Waals surface area contributed by atoms with E-state index in [1.54, 1.807) is 0 Å². The number of carbonyl (C=O) groups is 2. The number of amides is 2. The second-order valence-corrected chi connectivity index (χ2v) is 8.02. The molecular weight excluding hydrogens is 302 g/mol. The summed E-state index contributed by atoms with van der Waals surface area (Å²) >= 11 is 0. The van der Waals surface area contributed by atoms with Gasteiger partial charge in [0.25, 0.3) is 0 Å². The van der Waals surface area contributed by atoms with E-state index in [9.17, 15) is 9.59 Å². The van der Waals surface area contributed by atoms with Gasteiger partial charge in [-0.15, -0.1) is 0 Å².